The molecule has 1 rings (SSSR count). The van der Waals surface area contributed by atoms with E-state index in [-0.39, 0.29) is 30.3 Å². The molecule has 1 aliphatic heterocycles. The van der Waals surface area contributed by atoms with Crippen LogP contribution < -0.4 is 0 Å². The molecule has 1 unspecified atom stereocenters. The summed E-state index contributed by atoms with van der Waals surface area (Å²) < 4.78 is 43.5. The zero-order chi connectivity index (χ0) is 19.5. The van der Waals surface area contributed by atoms with Crippen molar-refractivity contribution in [1.82, 2.24) is 4.31 Å². The summed E-state index contributed by atoms with van der Waals surface area (Å²) in [5.74, 6) is 0. The van der Waals surface area contributed by atoms with Gasteiger partial charge in [0.05, 0.1) is 37.8 Å². The van der Waals surface area contributed by atoms with Crippen LogP contribution in [0.15, 0.2) is 0 Å². The second-order valence-corrected chi connectivity index (χ2v) is 11.0. The first-order chi connectivity index (χ1) is 11.2. The fourth-order valence-corrected chi connectivity index (χ4v) is 4.04. The predicted molar refractivity (Wildman–Crippen MR) is 100 cm³/mol. The van der Waals surface area contributed by atoms with Crippen molar-refractivity contribution in [3.05, 3.63) is 0 Å². The van der Waals surface area contributed by atoms with E-state index >= 15 is 0 Å². The van der Waals surface area contributed by atoms with Crippen molar-refractivity contribution in [2.45, 2.75) is 78.7 Å². The van der Waals surface area contributed by atoms with Crippen LogP contribution in [0.4, 0.5) is 0 Å². The third-order valence-electron chi connectivity index (χ3n) is 4.54. The number of sulfonamides is 1. The first-order valence-electron chi connectivity index (χ1n) is 9.04. The molecule has 6 nitrogen and oxygen atoms in total. The lowest BCUT2D eigenvalue weighted by atomic mass is 9.90. The molecule has 0 aromatic carbocycles. The minimum absolute atomic E-state index is 0.0256. The molecule has 1 fully saturated rings. The maximum atomic E-state index is 12.3. The van der Waals surface area contributed by atoms with Gasteiger partial charge in [0.1, 0.15) is 0 Å². The van der Waals surface area contributed by atoms with E-state index < -0.39 is 15.6 Å². The van der Waals surface area contributed by atoms with Crippen LogP contribution in [0.25, 0.3) is 0 Å². The fourth-order valence-electron chi connectivity index (χ4n) is 2.61. The van der Waals surface area contributed by atoms with Crippen LogP contribution in [0.1, 0.15) is 54.9 Å². The molecule has 7 heteroatoms. The van der Waals surface area contributed by atoms with Gasteiger partial charge >= 0.3 is 0 Å². The van der Waals surface area contributed by atoms with E-state index in [4.69, 9.17) is 14.2 Å². The quantitative estimate of drug-likeness (QED) is 0.649. The molecule has 25 heavy (non-hydrogen) atoms. The number of rotatable bonds is 8. The van der Waals surface area contributed by atoms with E-state index in [1.807, 2.05) is 27.7 Å². The second-order valence-electron chi connectivity index (χ2n) is 9.05. The molecule has 0 radical (unpaired) electrons. The summed E-state index contributed by atoms with van der Waals surface area (Å²) in [6, 6.07) is 0. The van der Waals surface area contributed by atoms with Gasteiger partial charge in [-0.25, -0.2) is 8.42 Å². The maximum absolute atomic E-state index is 12.3. The molecule has 3 atom stereocenters. The number of hydrogen-bond donors (Lipinski definition) is 0. The standard InChI is InChI=1S/C18H37NO5S/c1-14(17(2,3)4)24-16(13-23-15-9-10-22-12-15)11-19(18(5,6)7)25(8,20)21/h14-16H,9-13H2,1-8H3/t14?,15-,16+/m1/s1. The van der Waals surface area contributed by atoms with Gasteiger partial charge in [0.25, 0.3) is 0 Å². The fraction of sp³-hybridized carbons (Fsp3) is 1.00. The van der Waals surface area contributed by atoms with Gasteiger partial charge in [0.2, 0.25) is 10.0 Å². The molecule has 0 aromatic rings. The van der Waals surface area contributed by atoms with Crippen LogP contribution in [-0.4, -0.2) is 69.2 Å². The monoisotopic (exact) mass is 379 g/mol. The first-order valence-corrected chi connectivity index (χ1v) is 10.9. The van der Waals surface area contributed by atoms with Crippen LogP contribution in [0.3, 0.4) is 0 Å². The minimum Gasteiger partial charge on any atom is -0.379 e. The molecular formula is C18H37NO5S. The summed E-state index contributed by atoms with van der Waals surface area (Å²) in [6.45, 7) is 16.0. The average molecular weight is 380 g/mol. The van der Waals surface area contributed by atoms with Crippen LogP contribution >= 0.6 is 0 Å². The highest BCUT2D eigenvalue weighted by Crippen LogP contribution is 2.25. The van der Waals surface area contributed by atoms with Gasteiger partial charge in [-0.2, -0.15) is 4.31 Å². The molecule has 0 aliphatic carbocycles. The van der Waals surface area contributed by atoms with Crippen LogP contribution in [-0.2, 0) is 24.2 Å². The Morgan fingerprint density at radius 2 is 1.80 bits per heavy atom. The van der Waals surface area contributed by atoms with Crippen LogP contribution in [0.5, 0.6) is 0 Å². The SMILES string of the molecule is CC(O[C@H](CO[C@@H]1CCOC1)CN(C(C)(C)C)S(C)(=O)=O)C(C)(C)C. The summed E-state index contributed by atoms with van der Waals surface area (Å²) in [6.07, 6.45) is 1.83. The highest BCUT2D eigenvalue weighted by Gasteiger charge is 2.34. The largest absolute Gasteiger partial charge is 0.379 e. The molecule has 0 N–H and O–H groups in total. The summed E-state index contributed by atoms with van der Waals surface area (Å²) in [5.41, 5.74) is -0.553. The lowest BCUT2D eigenvalue weighted by molar-refractivity contribution is -0.106. The third-order valence-corrected chi connectivity index (χ3v) is 6.04. The highest BCUT2D eigenvalue weighted by atomic mass is 32.2. The van der Waals surface area contributed by atoms with Gasteiger partial charge < -0.3 is 14.2 Å². The predicted octanol–water partition coefficient (Wildman–Crippen LogP) is 2.67. The van der Waals surface area contributed by atoms with Crippen molar-refractivity contribution in [2.24, 2.45) is 5.41 Å². The van der Waals surface area contributed by atoms with Gasteiger partial charge in [-0.15, -0.1) is 0 Å². The van der Waals surface area contributed by atoms with E-state index in [0.717, 1.165) is 6.42 Å². The Hall–Kier alpha value is -0.210. The summed E-state index contributed by atoms with van der Waals surface area (Å²) in [7, 11) is -3.35. The second kappa shape index (κ2) is 8.65. The molecule has 0 amide bonds. The van der Waals surface area contributed by atoms with Crippen molar-refractivity contribution in [2.75, 3.05) is 32.6 Å². The Bertz CT molecular complexity index is 501. The van der Waals surface area contributed by atoms with E-state index in [0.29, 0.717) is 19.8 Å². The van der Waals surface area contributed by atoms with Crippen molar-refractivity contribution in [3.8, 4) is 0 Å². The van der Waals surface area contributed by atoms with Crippen molar-refractivity contribution in [3.63, 3.8) is 0 Å². The lowest BCUT2D eigenvalue weighted by Gasteiger charge is -2.38. The third kappa shape index (κ3) is 7.91. The van der Waals surface area contributed by atoms with Crippen molar-refractivity contribution in [1.29, 1.82) is 0 Å². The Morgan fingerprint density at radius 1 is 1.20 bits per heavy atom. The van der Waals surface area contributed by atoms with E-state index in [1.54, 1.807) is 0 Å². The maximum Gasteiger partial charge on any atom is 0.211 e. The molecule has 0 saturated carbocycles. The van der Waals surface area contributed by atoms with Crippen LogP contribution in [0, 0.1) is 5.41 Å². The van der Waals surface area contributed by atoms with Crippen LogP contribution in [0.2, 0.25) is 0 Å². The van der Waals surface area contributed by atoms with Crippen molar-refractivity contribution >= 4 is 10.0 Å². The molecule has 150 valence electrons. The van der Waals surface area contributed by atoms with Gasteiger partial charge in [-0.1, -0.05) is 20.8 Å². The molecule has 1 aliphatic rings. The van der Waals surface area contributed by atoms with Gasteiger partial charge in [0.15, 0.2) is 0 Å². The zero-order valence-corrected chi connectivity index (χ0v) is 18.0. The summed E-state index contributed by atoms with van der Waals surface area (Å²) >= 11 is 0. The minimum atomic E-state index is -3.35. The topological polar surface area (TPSA) is 65.1 Å². The Labute approximate surface area is 154 Å². The molecule has 1 heterocycles. The lowest BCUT2D eigenvalue weighted by Crippen LogP contribution is -2.51. The summed E-state index contributed by atoms with van der Waals surface area (Å²) in [4.78, 5) is 0. The van der Waals surface area contributed by atoms with Crippen molar-refractivity contribution < 1.29 is 22.6 Å². The number of ether oxygens (including phenoxy) is 3. The average Bonchev–Trinajstić information content (AvgIpc) is 2.90. The molecule has 1 saturated heterocycles. The van der Waals surface area contributed by atoms with E-state index in [9.17, 15) is 8.42 Å². The zero-order valence-electron chi connectivity index (χ0n) is 17.2. The van der Waals surface area contributed by atoms with E-state index in [1.165, 1.54) is 10.6 Å². The highest BCUT2D eigenvalue weighted by molar-refractivity contribution is 7.88. The Kier molecular flexibility index (Phi) is 7.90. The first kappa shape index (κ1) is 22.8. The number of nitrogens with zero attached hydrogens (tertiary/aromatic N) is 1. The Balaban J connectivity index is 2.86. The molecular weight excluding hydrogens is 342 g/mol. The summed E-state index contributed by atoms with van der Waals surface area (Å²) in [5, 5.41) is 0. The Morgan fingerprint density at radius 3 is 2.20 bits per heavy atom. The van der Waals surface area contributed by atoms with Gasteiger partial charge in [-0.3, -0.25) is 0 Å². The van der Waals surface area contributed by atoms with Gasteiger partial charge in [-0.05, 0) is 39.5 Å². The molecule has 0 bridgehead atoms. The molecule has 0 aromatic heterocycles. The smallest absolute Gasteiger partial charge is 0.211 e. The molecule has 0 spiro atoms. The normalized spacial score (nSPS) is 22.4. The van der Waals surface area contributed by atoms with E-state index in [2.05, 4.69) is 20.8 Å². The number of hydrogen-bond acceptors (Lipinski definition) is 5. The van der Waals surface area contributed by atoms with Gasteiger partial charge in [0, 0.05) is 18.7 Å².